The Hall–Kier alpha value is -2.54. The summed E-state index contributed by atoms with van der Waals surface area (Å²) in [6.45, 7) is 1.89. The van der Waals surface area contributed by atoms with E-state index in [0.717, 1.165) is 5.56 Å². The maximum absolute atomic E-state index is 8.67. The fraction of sp³-hybridized carbons (Fsp3) is 0.0769. The first-order chi connectivity index (χ1) is 8.19. The zero-order valence-corrected chi connectivity index (χ0v) is 9.34. The molecule has 0 amide bonds. The minimum absolute atomic E-state index is 0.487. The van der Waals surface area contributed by atoms with Gasteiger partial charge in [0.2, 0.25) is 5.88 Å². The van der Waals surface area contributed by atoms with E-state index in [1.807, 2.05) is 13.0 Å². The van der Waals surface area contributed by atoms with Gasteiger partial charge in [0.15, 0.2) is 0 Å². The van der Waals surface area contributed by atoms with Crippen molar-refractivity contribution in [2.24, 2.45) is 0 Å². The predicted octanol–water partition coefficient (Wildman–Crippen LogP) is 2.64. The monoisotopic (exact) mass is 225 g/mol. The van der Waals surface area contributed by atoms with E-state index < -0.39 is 0 Å². The largest absolute Gasteiger partial charge is 0.439 e. The number of nitrogen functional groups attached to an aromatic ring is 1. The van der Waals surface area contributed by atoms with Crippen molar-refractivity contribution in [3.05, 3.63) is 47.7 Å². The van der Waals surface area contributed by atoms with Crippen molar-refractivity contribution in [3.63, 3.8) is 0 Å². The highest BCUT2D eigenvalue weighted by molar-refractivity contribution is 5.46. The minimum Gasteiger partial charge on any atom is -0.439 e. The smallest absolute Gasteiger partial charge is 0.219 e. The maximum Gasteiger partial charge on any atom is 0.219 e. The first kappa shape index (κ1) is 11.0. The van der Waals surface area contributed by atoms with Crippen LogP contribution in [0.15, 0.2) is 36.5 Å². The quantitative estimate of drug-likeness (QED) is 0.852. The summed E-state index contributed by atoms with van der Waals surface area (Å²) in [6, 6.07) is 10.7. The summed E-state index contributed by atoms with van der Waals surface area (Å²) in [7, 11) is 0. The first-order valence-corrected chi connectivity index (χ1v) is 5.09. The molecule has 0 aliphatic carbocycles. The molecule has 2 aromatic rings. The van der Waals surface area contributed by atoms with Gasteiger partial charge in [-0.2, -0.15) is 5.26 Å². The van der Waals surface area contributed by atoms with E-state index in [1.54, 1.807) is 36.5 Å². The number of hydrogen-bond donors (Lipinski definition) is 1. The molecule has 4 heteroatoms. The van der Waals surface area contributed by atoms with Gasteiger partial charge in [-0.15, -0.1) is 0 Å². The van der Waals surface area contributed by atoms with Gasteiger partial charge in [-0.1, -0.05) is 0 Å². The highest BCUT2D eigenvalue weighted by Crippen LogP contribution is 2.22. The number of ether oxygens (including phenoxy) is 1. The summed E-state index contributed by atoms with van der Waals surface area (Å²) in [5, 5.41) is 8.67. The van der Waals surface area contributed by atoms with Crippen LogP contribution in [0.25, 0.3) is 0 Å². The number of aryl methyl sites for hydroxylation is 1. The Balaban J connectivity index is 2.20. The van der Waals surface area contributed by atoms with E-state index in [4.69, 9.17) is 15.7 Å². The highest BCUT2D eigenvalue weighted by Gasteiger charge is 2.01. The third kappa shape index (κ3) is 2.52. The zero-order valence-electron chi connectivity index (χ0n) is 9.34. The Labute approximate surface area is 99.3 Å². The number of pyridine rings is 1. The van der Waals surface area contributed by atoms with Crippen LogP contribution < -0.4 is 10.5 Å². The Morgan fingerprint density at radius 1 is 1.29 bits per heavy atom. The van der Waals surface area contributed by atoms with Gasteiger partial charge in [0.1, 0.15) is 5.75 Å². The molecular weight excluding hydrogens is 214 g/mol. The van der Waals surface area contributed by atoms with Crippen LogP contribution in [0.2, 0.25) is 0 Å². The molecule has 0 aliphatic rings. The average molecular weight is 225 g/mol. The van der Waals surface area contributed by atoms with Crippen LogP contribution >= 0.6 is 0 Å². The lowest BCUT2D eigenvalue weighted by atomic mass is 10.2. The van der Waals surface area contributed by atoms with Crippen molar-refractivity contribution in [1.29, 1.82) is 5.26 Å². The number of benzene rings is 1. The second-order valence-electron chi connectivity index (χ2n) is 3.62. The molecule has 1 aromatic heterocycles. The SMILES string of the molecule is Cc1cc(Oc2ccc(C#N)cc2)ncc1N. The van der Waals surface area contributed by atoms with Crippen LogP contribution in [0.1, 0.15) is 11.1 Å². The molecule has 2 rings (SSSR count). The molecule has 4 nitrogen and oxygen atoms in total. The summed E-state index contributed by atoms with van der Waals surface area (Å²) in [6.07, 6.45) is 1.56. The van der Waals surface area contributed by atoms with Gasteiger partial charge in [0, 0.05) is 6.07 Å². The number of nitriles is 1. The number of anilines is 1. The van der Waals surface area contributed by atoms with Gasteiger partial charge < -0.3 is 10.5 Å². The molecule has 0 atom stereocenters. The van der Waals surface area contributed by atoms with Crippen LogP contribution in [0.4, 0.5) is 5.69 Å². The number of aromatic nitrogens is 1. The van der Waals surface area contributed by atoms with Crippen LogP contribution in [-0.4, -0.2) is 4.98 Å². The Morgan fingerprint density at radius 3 is 2.59 bits per heavy atom. The number of hydrogen-bond acceptors (Lipinski definition) is 4. The standard InChI is InChI=1S/C13H11N3O/c1-9-6-13(16-8-12(9)15)17-11-4-2-10(7-14)3-5-11/h2-6,8H,15H2,1H3. The first-order valence-electron chi connectivity index (χ1n) is 5.09. The lowest BCUT2D eigenvalue weighted by Crippen LogP contribution is -1.93. The fourth-order valence-corrected chi connectivity index (χ4v) is 1.31. The van der Waals surface area contributed by atoms with E-state index in [9.17, 15) is 0 Å². The summed E-state index contributed by atoms with van der Waals surface area (Å²) in [5.74, 6) is 1.13. The molecule has 0 bridgehead atoms. The van der Waals surface area contributed by atoms with Crippen LogP contribution in [-0.2, 0) is 0 Å². The molecule has 0 fully saturated rings. The normalized spacial score (nSPS) is 9.65. The molecule has 2 N–H and O–H groups in total. The van der Waals surface area contributed by atoms with E-state index in [0.29, 0.717) is 22.9 Å². The van der Waals surface area contributed by atoms with E-state index >= 15 is 0 Å². The maximum atomic E-state index is 8.67. The minimum atomic E-state index is 0.487. The molecule has 17 heavy (non-hydrogen) atoms. The Morgan fingerprint density at radius 2 is 2.00 bits per heavy atom. The average Bonchev–Trinajstić information content (AvgIpc) is 2.35. The van der Waals surface area contributed by atoms with Crippen LogP contribution in [0.5, 0.6) is 11.6 Å². The molecule has 0 radical (unpaired) electrons. The second kappa shape index (κ2) is 4.54. The summed E-state index contributed by atoms with van der Waals surface area (Å²) < 4.78 is 5.54. The van der Waals surface area contributed by atoms with Gasteiger partial charge in [-0.25, -0.2) is 4.98 Å². The van der Waals surface area contributed by atoms with Gasteiger partial charge in [0.25, 0.3) is 0 Å². The van der Waals surface area contributed by atoms with E-state index in [-0.39, 0.29) is 0 Å². The molecule has 84 valence electrons. The lowest BCUT2D eigenvalue weighted by molar-refractivity contribution is 0.462. The van der Waals surface area contributed by atoms with Crippen LogP contribution in [0.3, 0.4) is 0 Å². The van der Waals surface area contributed by atoms with E-state index in [2.05, 4.69) is 4.98 Å². The van der Waals surface area contributed by atoms with Crippen LogP contribution in [0, 0.1) is 18.3 Å². The molecular formula is C13H11N3O. The van der Waals surface area contributed by atoms with Crippen molar-refractivity contribution in [2.75, 3.05) is 5.73 Å². The number of nitrogens with two attached hydrogens (primary N) is 1. The summed E-state index contributed by atoms with van der Waals surface area (Å²) >= 11 is 0. The van der Waals surface area contributed by atoms with Gasteiger partial charge in [-0.3, -0.25) is 0 Å². The molecule has 0 saturated carbocycles. The molecule has 1 aromatic carbocycles. The summed E-state index contributed by atoms with van der Waals surface area (Å²) in [5.41, 5.74) is 7.82. The molecule has 0 spiro atoms. The number of nitrogens with zero attached hydrogens (tertiary/aromatic N) is 2. The van der Waals surface area contributed by atoms with Gasteiger partial charge in [0.05, 0.1) is 23.5 Å². The lowest BCUT2D eigenvalue weighted by Gasteiger charge is -2.06. The van der Waals surface area contributed by atoms with Gasteiger partial charge >= 0.3 is 0 Å². The third-order valence-electron chi connectivity index (χ3n) is 2.33. The van der Waals surface area contributed by atoms with Crippen molar-refractivity contribution in [2.45, 2.75) is 6.92 Å². The van der Waals surface area contributed by atoms with Crippen molar-refractivity contribution < 1.29 is 4.74 Å². The molecule has 0 saturated heterocycles. The zero-order chi connectivity index (χ0) is 12.3. The van der Waals surface area contributed by atoms with Crippen molar-refractivity contribution >= 4 is 5.69 Å². The highest BCUT2D eigenvalue weighted by atomic mass is 16.5. The fourth-order valence-electron chi connectivity index (χ4n) is 1.31. The molecule has 0 aliphatic heterocycles. The Bertz CT molecular complexity index is 570. The topological polar surface area (TPSA) is 71.9 Å². The summed E-state index contributed by atoms with van der Waals surface area (Å²) in [4.78, 5) is 4.06. The molecule has 0 unspecified atom stereocenters. The Kier molecular flexibility index (Phi) is 2.93. The van der Waals surface area contributed by atoms with Crippen molar-refractivity contribution in [1.82, 2.24) is 4.98 Å². The van der Waals surface area contributed by atoms with Crippen molar-refractivity contribution in [3.8, 4) is 17.7 Å². The predicted molar refractivity (Wildman–Crippen MR) is 64.6 cm³/mol. The van der Waals surface area contributed by atoms with Gasteiger partial charge in [-0.05, 0) is 36.8 Å². The molecule has 1 heterocycles. The van der Waals surface area contributed by atoms with E-state index in [1.165, 1.54) is 0 Å². The third-order valence-corrected chi connectivity index (χ3v) is 2.33. The second-order valence-corrected chi connectivity index (χ2v) is 3.62. The number of rotatable bonds is 2.